The molecule has 0 saturated carbocycles. The van der Waals surface area contributed by atoms with Gasteiger partial charge in [0.25, 0.3) is 5.91 Å². The number of halogens is 2. The number of piperidine rings is 1. The summed E-state index contributed by atoms with van der Waals surface area (Å²) in [7, 11) is 0. The van der Waals surface area contributed by atoms with Gasteiger partial charge in [0.1, 0.15) is 28.9 Å². The van der Waals surface area contributed by atoms with Crippen LogP contribution in [0, 0.1) is 11.6 Å². The Morgan fingerprint density at radius 1 is 0.764 bits per heavy atom. The van der Waals surface area contributed by atoms with Crippen molar-refractivity contribution in [3.63, 3.8) is 0 Å². The van der Waals surface area contributed by atoms with Gasteiger partial charge in [-0.25, -0.2) is 13.5 Å². The summed E-state index contributed by atoms with van der Waals surface area (Å²) < 4.78 is 31.6. The normalized spacial score (nSPS) is 15.4. The van der Waals surface area contributed by atoms with Gasteiger partial charge in [0, 0.05) is 41.5 Å². The minimum absolute atomic E-state index is 0.104. The number of likely N-dealkylation sites (tertiary alicyclic amines) is 1. The predicted octanol–water partition coefficient (Wildman–Crippen LogP) is 8.24. The molecule has 0 radical (unpaired) electrons. The van der Waals surface area contributed by atoms with Crippen LogP contribution >= 0.6 is 0 Å². The first-order chi connectivity index (χ1) is 26.9. The zero-order valence-corrected chi connectivity index (χ0v) is 29.7. The van der Waals surface area contributed by atoms with Crippen molar-refractivity contribution in [3.05, 3.63) is 191 Å². The maximum Gasteiger partial charge on any atom is 0.325 e. The van der Waals surface area contributed by atoms with Gasteiger partial charge >= 0.3 is 5.97 Å². The first-order valence-electron chi connectivity index (χ1n) is 18.2. The molecule has 1 aliphatic rings. The van der Waals surface area contributed by atoms with E-state index in [0.29, 0.717) is 30.6 Å². The fourth-order valence-electron chi connectivity index (χ4n) is 8.00. The molecule has 0 aliphatic carbocycles. The largest absolute Gasteiger partial charge is 0.480 e. The second kappa shape index (κ2) is 15.1. The zero-order chi connectivity index (χ0) is 37.9. The Morgan fingerprint density at radius 2 is 1.35 bits per heavy atom. The quantitative estimate of drug-likeness (QED) is 0.138. The summed E-state index contributed by atoms with van der Waals surface area (Å²) in [5, 5.41) is 19.3. The van der Waals surface area contributed by atoms with Crippen LogP contribution in [-0.4, -0.2) is 55.8 Å². The summed E-state index contributed by atoms with van der Waals surface area (Å²) in [5.41, 5.74) is 4.23. The molecular formula is C45H37F2N5O3. The molecule has 1 amide bonds. The van der Waals surface area contributed by atoms with Crippen molar-refractivity contribution in [2.45, 2.75) is 30.5 Å². The van der Waals surface area contributed by atoms with Gasteiger partial charge in [-0.05, 0) is 78.5 Å². The lowest BCUT2D eigenvalue weighted by Gasteiger charge is -2.37. The van der Waals surface area contributed by atoms with E-state index in [9.17, 15) is 23.5 Å². The Bertz CT molecular complexity index is 2340. The Kier molecular flexibility index (Phi) is 9.73. The van der Waals surface area contributed by atoms with E-state index in [-0.39, 0.29) is 12.5 Å². The summed E-state index contributed by atoms with van der Waals surface area (Å²) in [6, 6.07) is 41.3. The van der Waals surface area contributed by atoms with E-state index in [1.807, 2.05) is 83.5 Å². The van der Waals surface area contributed by atoms with E-state index in [4.69, 9.17) is 5.10 Å². The number of rotatable bonds is 10. The molecule has 8 rings (SSSR count). The second-order valence-corrected chi connectivity index (χ2v) is 13.7. The zero-order valence-electron chi connectivity index (χ0n) is 29.7. The molecule has 1 fully saturated rings. The number of carboxylic acid groups (broad SMARTS) is 1. The SMILES string of the molecule is O=C(NC1CCCN(C(C(=O)O)c2c(F)cccc2F)C1)c1ccc2c(c1)c(-c1ccncc1)nn2C(c1ccccc1)(c1ccccc1)c1ccccc1. The molecule has 274 valence electrons. The summed E-state index contributed by atoms with van der Waals surface area (Å²) in [5.74, 6) is -3.56. The van der Waals surface area contributed by atoms with Crippen LogP contribution in [0.15, 0.2) is 152 Å². The lowest BCUT2D eigenvalue weighted by Crippen LogP contribution is -2.50. The minimum Gasteiger partial charge on any atom is -0.480 e. The lowest BCUT2D eigenvalue weighted by molar-refractivity contribution is -0.144. The van der Waals surface area contributed by atoms with Crippen LogP contribution in [0.3, 0.4) is 0 Å². The Hall–Kier alpha value is -6.52. The van der Waals surface area contributed by atoms with E-state index in [1.54, 1.807) is 18.5 Å². The van der Waals surface area contributed by atoms with Crippen molar-refractivity contribution in [1.82, 2.24) is 25.0 Å². The van der Waals surface area contributed by atoms with Crippen molar-refractivity contribution >= 4 is 22.8 Å². The highest BCUT2D eigenvalue weighted by Crippen LogP contribution is 2.44. The summed E-state index contributed by atoms with van der Waals surface area (Å²) in [4.78, 5) is 32.2. The molecular weight excluding hydrogens is 697 g/mol. The van der Waals surface area contributed by atoms with Gasteiger partial charge in [-0.1, -0.05) is 97.1 Å². The third-order valence-corrected chi connectivity index (χ3v) is 10.4. The third-order valence-electron chi connectivity index (χ3n) is 10.4. The minimum atomic E-state index is -1.54. The average molecular weight is 734 g/mol. The van der Waals surface area contributed by atoms with Gasteiger partial charge in [0.2, 0.25) is 0 Å². The first-order valence-corrected chi connectivity index (χ1v) is 18.2. The van der Waals surface area contributed by atoms with Crippen molar-refractivity contribution < 1.29 is 23.5 Å². The molecule has 10 heteroatoms. The number of hydrogen-bond acceptors (Lipinski definition) is 5. The summed E-state index contributed by atoms with van der Waals surface area (Å²) in [6.45, 7) is 0.413. The fraction of sp³-hybridized carbons (Fsp3) is 0.156. The Labute approximate surface area is 316 Å². The molecule has 2 atom stereocenters. The van der Waals surface area contributed by atoms with E-state index in [2.05, 4.69) is 46.7 Å². The van der Waals surface area contributed by atoms with Gasteiger partial charge in [0.15, 0.2) is 0 Å². The fourth-order valence-corrected chi connectivity index (χ4v) is 8.00. The van der Waals surface area contributed by atoms with Crippen LogP contribution in [0.25, 0.3) is 22.2 Å². The number of carbonyl (C=O) groups is 2. The Balaban J connectivity index is 1.22. The monoisotopic (exact) mass is 733 g/mol. The molecule has 55 heavy (non-hydrogen) atoms. The molecule has 5 aromatic carbocycles. The van der Waals surface area contributed by atoms with Crippen LogP contribution in [0.2, 0.25) is 0 Å². The van der Waals surface area contributed by atoms with Gasteiger partial charge in [-0.3, -0.25) is 19.5 Å². The molecule has 7 aromatic rings. The number of aromatic nitrogens is 3. The number of nitrogens with one attached hydrogen (secondary N) is 1. The third kappa shape index (κ3) is 6.55. The predicted molar refractivity (Wildman–Crippen MR) is 206 cm³/mol. The van der Waals surface area contributed by atoms with Gasteiger partial charge in [0.05, 0.1) is 11.1 Å². The van der Waals surface area contributed by atoms with Crippen molar-refractivity contribution in [2.24, 2.45) is 0 Å². The summed E-state index contributed by atoms with van der Waals surface area (Å²) in [6.07, 6.45) is 4.53. The van der Waals surface area contributed by atoms with Crippen molar-refractivity contribution in [3.8, 4) is 11.3 Å². The average Bonchev–Trinajstić information content (AvgIpc) is 3.60. The maximum atomic E-state index is 14.8. The molecule has 8 nitrogen and oxygen atoms in total. The highest BCUT2D eigenvalue weighted by Gasteiger charge is 2.41. The van der Waals surface area contributed by atoms with Gasteiger partial charge in [-0.15, -0.1) is 0 Å². The molecule has 2 unspecified atom stereocenters. The van der Waals surface area contributed by atoms with Crippen molar-refractivity contribution in [1.29, 1.82) is 0 Å². The maximum absolute atomic E-state index is 14.8. The van der Waals surface area contributed by atoms with E-state index in [0.717, 1.165) is 45.3 Å². The molecule has 0 spiro atoms. The van der Waals surface area contributed by atoms with E-state index < -0.39 is 40.8 Å². The van der Waals surface area contributed by atoms with Crippen LogP contribution in [0.4, 0.5) is 8.78 Å². The number of benzene rings is 5. The number of fused-ring (bicyclic) bond motifs is 1. The van der Waals surface area contributed by atoms with E-state index in [1.165, 1.54) is 11.0 Å². The molecule has 3 heterocycles. The van der Waals surface area contributed by atoms with Crippen LogP contribution in [-0.2, 0) is 10.3 Å². The number of pyridine rings is 1. The lowest BCUT2D eigenvalue weighted by atomic mass is 9.77. The smallest absolute Gasteiger partial charge is 0.325 e. The van der Waals surface area contributed by atoms with Gasteiger partial charge in [-0.2, -0.15) is 5.10 Å². The molecule has 1 aliphatic heterocycles. The molecule has 2 N–H and O–H groups in total. The van der Waals surface area contributed by atoms with Gasteiger partial charge < -0.3 is 10.4 Å². The topological polar surface area (TPSA) is 100 Å². The standard InChI is InChI=1S/C45H37F2N5O3/c46-37-19-10-20-38(47)40(37)42(44(54)55)51-27-11-18-35(29-51)49-43(53)31-21-22-39-36(28-31)41(30-23-25-48-26-24-30)50-52(39)45(32-12-4-1-5-13-32,33-14-6-2-7-15-33)34-16-8-3-9-17-34/h1-10,12-17,19-26,28,35,42H,11,18,27,29H2,(H,49,53)(H,54,55). The number of nitrogens with zero attached hydrogens (tertiary/aromatic N) is 4. The van der Waals surface area contributed by atoms with Crippen LogP contribution < -0.4 is 5.32 Å². The number of aliphatic carboxylic acids is 1. The number of carboxylic acids is 1. The van der Waals surface area contributed by atoms with Crippen LogP contribution in [0.1, 0.15) is 51.5 Å². The highest BCUT2D eigenvalue weighted by atomic mass is 19.1. The second-order valence-electron chi connectivity index (χ2n) is 13.7. The highest BCUT2D eigenvalue weighted by molar-refractivity contribution is 6.02. The number of amides is 1. The van der Waals surface area contributed by atoms with Crippen molar-refractivity contribution in [2.75, 3.05) is 13.1 Å². The Morgan fingerprint density at radius 3 is 1.91 bits per heavy atom. The number of carbonyl (C=O) groups excluding carboxylic acids is 1. The first kappa shape index (κ1) is 35.5. The molecule has 2 aromatic heterocycles. The van der Waals surface area contributed by atoms with E-state index >= 15 is 0 Å². The summed E-state index contributed by atoms with van der Waals surface area (Å²) >= 11 is 0. The van der Waals surface area contributed by atoms with Crippen LogP contribution in [0.5, 0.6) is 0 Å². The molecule has 1 saturated heterocycles. The molecule has 0 bridgehead atoms. The number of hydrogen-bond donors (Lipinski definition) is 2.